The van der Waals surface area contributed by atoms with Gasteiger partial charge >= 0.3 is 0 Å². The molecule has 0 unspecified atom stereocenters. The van der Waals surface area contributed by atoms with Gasteiger partial charge in [0.2, 0.25) is 0 Å². The summed E-state index contributed by atoms with van der Waals surface area (Å²) in [5.41, 5.74) is 1.31. The third-order valence-corrected chi connectivity index (χ3v) is 3.87. The summed E-state index contributed by atoms with van der Waals surface area (Å²) >= 11 is 0. The second-order valence-electron chi connectivity index (χ2n) is 4.92. The Hall–Kier alpha value is -0.460. The van der Waals surface area contributed by atoms with E-state index in [1.165, 1.54) is 50.6 Å². The van der Waals surface area contributed by atoms with Gasteiger partial charge < -0.3 is 5.32 Å². The van der Waals surface area contributed by atoms with Crippen LogP contribution in [0.5, 0.6) is 0 Å². The minimum atomic E-state index is 0.758. The van der Waals surface area contributed by atoms with Gasteiger partial charge in [-0.3, -0.25) is 0 Å². The van der Waals surface area contributed by atoms with E-state index in [4.69, 9.17) is 0 Å². The van der Waals surface area contributed by atoms with Crippen LogP contribution in [-0.4, -0.2) is 6.54 Å². The van der Waals surface area contributed by atoms with Gasteiger partial charge in [0.25, 0.3) is 0 Å². The molecule has 0 saturated heterocycles. The molecule has 0 aromatic heterocycles. The van der Waals surface area contributed by atoms with Crippen LogP contribution in [0.15, 0.2) is 12.3 Å². The van der Waals surface area contributed by atoms with Crippen LogP contribution in [0.3, 0.4) is 0 Å². The average Bonchev–Trinajstić information content (AvgIpc) is 2.31. The molecular weight excluding hydrogens is 182 g/mol. The van der Waals surface area contributed by atoms with Crippen molar-refractivity contribution >= 4 is 0 Å². The lowest BCUT2D eigenvalue weighted by molar-refractivity contribution is 0.374. The molecule has 1 N–H and O–H groups in total. The first-order valence-electron chi connectivity index (χ1n) is 6.70. The third kappa shape index (κ3) is 4.27. The highest BCUT2D eigenvalue weighted by molar-refractivity contribution is 4.99. The zero-order chi connectivity index (χ0) is 11.1. The molecule has 0 bridgehead atoms. The summed E-state index contributed by atoms with van der Waals surface area (Å²) < 4.78 is 0. The normalized spacial score (nSPS) is 18.1. The largest absolute Gasteiger partial charge is 0.388 e. The Labute approximate surface area is 95.3 Å². The highest BCUT2D eigenvalue weighted by Gasteiger charge is 2.16. The summed E-state index contributed by atoms with van der Waals surface area (Å²) in [5.74, 6) is 1.58. The van der Waals surface area contributed by atoms with Gasteiger partial charge in [-0.1, -0.05) is 52.5 Å². The molecule has 0 heterocycles. The molecular formula is C14H27N. The van der Waals surface area contributed by atoms with Crippen molar-refractivity contribution in [3.05, 3.63) is 12.3 Å². The third-order valence-electron chi connectivity index (χ3n) is 3.87. The van der Waals surface area contributed by atoms with Crippen molar-refractivity contribution in [3.8, 4) is 0 Å². The van der Waals surface area contributed by atoms with Crippen molar-refractivity contribution in [1.82, 2.24) is 5.32 Å². The van der Waals surface area contributed by atoms with Crippen LogP contribution in [0.25, 0.3) is 0 Å². The second-order valence-corrected chi connectivity index (χ2v) is 4.92. The topological polar surface area (TPSA) is 12.0 Å². The summed E-state index contributed by atoms with van der Waals surface area (Å²) in [6.45, 7) is 9.89. The molecule has 0 aromatic rings. The fourth-order valence-electron chi connectivity index (χ4n) is 2.45. The molecule has 1 aliphatic rings. The van der Waals surface area contributed by atoms with Crippen molar-refractivity contribution in [2.75, 3.05) is 6.54 Å². The van der Waals surface area contributed by atoms with E-state index < -0.39 is 0 Å². The first-order chi connectivity index (χ1) is 7.27. The molecule has 0 amide bonds. The molecule has 1 saturated carbocycles. The van der Waals surface area contributed by atoms with E-state index in [0.717, 1.165) is 18.4 Å². The van der Waals surface area contributed by atoms with Gasteiger partial charge in [-0.25, -0.2) is 0 Å². The first-order valence-corrected chi connectivity index (χ1v) is 6.70. The van der Waals surface area contributed by atoms with Crippen molar-refractivity contribution in [2.45, 2.75) is 58.8 Å². The molecule has 88 valence electrons. The Morgan fingerprint density at radius 3 is 2.33 bits per heavy atom. The number of rotatable bonds is 6. The maximum atomic E-state index is 4.21. The SMILES string of the molecule is C=C(NCC(CC)CC)C1CCCCC1. The van der Waals surface area contributed by atoms with E-state index in [2.05, 4.69) is 25.7 Å². The minimum absolute atomic E-state index is 0.758. The first kappa shape index (κ1) is 12.6. The second kappa shape index (κ2) is 6.92. The maximum Gasteiger partial charge on any atom is 0.0172 e. The highest BCUT2D eigenvalue weighted by atomic mass is 14.9. The lowest BCUT2D eigenvalue weighted by Gasteiger charge is -2.26. The number of hydrogen-bond donors (Lipinski definition) is 1. The Morgan fingerprint density at radius 1 is 1.20 bits per heavy atom. The highest BCUT2D eigenvalue weighted by Crippen LogP contribution is 2.27. The lowest BCUT2D eigenvalue weighted by atomic mass is 9.87. The summed E-state index contributed by atoms with van der Waals surface area (Å²) in [4.78, 5) is 0. The van der Waals surface area contributed by atoms with Crippen LogP contribution >= 0.6 is 0 Å². The van der Waals surface area contributed by atoms with Crippen LogP contribution in [0, 0.1) is 11.8 Å². The standard InChI is InChI=1S/C14H27N/c1-4-13(5-2)11-15-12(3)14-9-7-6-8-10-14/h13-15H,3-11H2,1-2H3. The van der Waals surface area contributed by atoms with Crippen molar-refractivity contribution in [1.29, 1.82) is 0 Å². The number of nitrogens with one attached hydrogen (secondary N) is 1. The zero-order valence-corrected chi connectivity index (χ0v) is 10.5. The van der Waals surface area contributed by atoms with Gasteiger partial charge in [0.1, 0.15) is 0 Å². The Bertz CT molecular complexity index is 176. The summed E-state index contributed by atoms with van der Waals surface area (Å²) in [7, 11) is 0. The molecule has 1 fully saturated rings. The molecule has 0 spiro atoms. The van der Waals surface area contributed by atoms with Crippen molar-refractivity contribution in [2.24, 2.45) is 11.8 Å². The molecule has 1 nitrogen and oxygen atoms in total. The van der Waals surface area contributed by atoms with Gasteiger partial charge in [-0.15, -0.1) is 0 Å². The van der Waals surface area contributed by atoms with Crippen LogP contribution in [0.1, 0.15) is 58.8 Å². The van der Waals surface area contributed by atoms with E-state index in [-0.39, 0.29) is 0 Å². The summed E-state index contributed by atoms with van der Waals surface area (Å²) in [6.07, 6.45) is 9.50. The number of hydrogen-bond acceptors (Lipinski definition) is 1. The Morgan fingerprint density at radius 2 is 1.80 bits per heavy atom. The lowest BCUT2D eigenvalue weighted by Crippen LogP contribution is -2.26. The molecule has 0 atom stereocenters. The van der Waals surface area contributed by atoms with E-state index in [0.29, 0.717) is 0 Å². The minimum Gasteiger partial charge on any atom is -0.388 e. The fourth-order valence-corrected chi connectivity index (χ4v) is 2.45. The maximum absolute atomic E-state index is 4.21. The fraction of sp³-hybridized carbons (Fsp3) is 0.857. The summed E-state index contributed by atoms with van der Waals surface area (Å²) in [5, 5.41) is 3.56. The van der Waals surface area contributed by atoms with Gasteiger partial charge in [0.15, 0.2) is 0 Å². The predicted octanol–water partition coefficient (Wildman–Crippen LogP) is 4.11. The number of allylic oxidation sites excluding steroid dienone is 1. The molecule has 15 heavy (non-hydrogen) atoms. The van der Waals surface area contributed by atoms with Gasteiger partial charge in [0.05, 0.1) is 0 Å². The van der Waals surface area contributed by atoms with Gasteiger partial charge in [-0.05, 0) is 24.7 Å². The predicted molar refractivity (Wildman–Crippen MR) is 67.8 cm³/mol. The Kier molecular flexibility index (Phi) is 5.82. The molecule has 0 aromatic carbocycles. The van der Waals surface area contributed by atoms with Crippen molar-refractivity contribution in [3.63, 3.8) is 0 Å². The smallest absolute Gasteiger partial charge is 0.0172 e. The van der Waals surface area contributed by atoms with Gasteiger partial charge in [-0.2, -0.15) is 0 Å². The van der Waals surface area contributed by atoms with Crippen LogP contribution < -0.4 is 5.32 Å². The van der Waals surface area contributed by atoms with Crippen LogP contribution in [-0.2, 0) is 0 Å². The molecule has 1 heteroatoms. The van der Waals surface area contributed by atoms with E-state index in [9.17, 15) is 0 Å². The van der Waals surface area contributed by atoms with Gasteiger partial charge in [0, 0.05) is 12.2 Å². The van der Waals surface area contributed by atoms with Crippen molar-refractivity contribution < 1.29 is 0 Å². The zero-order valence-electron chi connectivity index (χ0n) is 10.5. The van der Waals surface area contributed by atoms with E-state index in [1.807, 2.05) is 0 Å². The van der Waals surface area contributed by atoms with Crippen LogP contribution in [0.4, 0.5) is 0 Å². The molecule has 0 radical (unpaired) electrons. The monoisotopic (exact) mass is 209 g/mol. The molecule has 1 aliphatic carbocycles. The Balaban J connectivity index is 2.22. The average molecular weight is 209 g/mol. The quantitative estimate of drug-likeness (QED) is 0.694. The molecule has 0 aliphatic heterocycles. The summed E-state index contributed by atoms with van der Waals surface area (Å²) in [6, 6.07) is 0. The molecule has 1 rings (SSSR count). The van der Waals surface area contributed by atoms with Crippen LogP contribution in [0.2, 0.25) is 0 Å². The van der Waals surface area contributed by atoms with E-state index in [1.54, 1.807) is 0 Å². The van der Waals surface area contributed by atoms with E-state index >= 15 is 0 Å².